The summed E-state index contributed by atoms with van der Waals surface area (Å²) in [7, 11) is 0. The van der Waals surface area contributed by atoms with Gasteiger partial charge in [-0.2, -0.15) is 0 Å². The molecule has 0 saturated heterocycles. The van der Waals surface area contributed by atoms with Crippen molar-refractivity contribution in [1.82, 2.24) is 14.9 Å². The van der Waals surface area contributed by atoms with Crippen molar-refractivity contribution >= 4 is 6.09 Å². The van der Waals surface area contributed by atoms with Gasteiger partial charge in [0, 0.05) is 18.1 Å². The third-order valence-electron chi connectivity index (χ3n) is 3.08. The lowest BCUT2D eigenvalue weighted by Gasteiger charge is -2.15. The highest BCUT2D eigenvalue weighted by Crippen LogP contribution is 2.15. The summed E-state index contributed by atoms with van der Waals surface area (Å²) in [5, 5.41) is 2.83. The van der Waals surface area contributed by atoms with Crippen molar-refractivity contribution in [3.05, 3.63) is 48.5 Å². The fourth-order valence-electron chi connectivity index (χ4n) is 1.89. The molecule has 5 nitrogen and oxygen atoms in total. The molecule has 2 aromatic rings. The molecule has 0 saturated carbocycles. The maximum absolute atomic E-state index is 11.6. The molecule has 5 heteroatoms. The Bertz CT molecular complexity index is 562. The van der Waals surface area contributed by atoms with E-state index >= 15 is 0 Å². The average Bonchev–Trinajstić information content (AvgIpc) is 2.99. The fraction of sp³-hybridized carbons (Fsp3) is 0.375. The van der Waals surface area contributed by atoms with E-state index in [9.17, 15) is 4.79 Å². The van der Waals surface area contributed by atoms with Gasteiger partial charge in [0.15, 0.2) is 0 Å². The Labute approximate surface area is 125 Å². The molecular formula is C16H21N3O2. The highest BCUT2D eigenvalue weighted by atomic mass is 16.5. The molecule has 1 atom stereocenters. The SMILES string of the molecule is CC(C)COC(=O)N[C@@H](C)c1ccc(-n2ccnc2)cc1. The molecule has 0 bridgehead atoms. The van der Waals surface area contributed by atoms with Crippen LogP contribution in [0.4, 0.5) is 4.79 Å². The van der Waals surface area contributed by atoms with Gasteiger partial charge in [0.2, 0.25) is 0 Å². The third-order valence-corrected chi connectivity index (χ3v) is 3.08. The van der Waals surface area contributed by atoms with Gasteiger partial charge >= 0.3 is 6.09 Å². The predicted molar refractivity (Wildman–Crippen MR) is 81.3 cm³/mol. The number of hydrogen-bond donors (Lipinski definition) is 1. The first-order valence-electron chi connectivity index (χ1n) is 7.08. The van der Waals surface area contributed by atoms with E-state index in [2.05, 4.69) is 10.3 Å². The Hall–Kier alpha value is -2.30. The summed E-state index contributed by atoms with van der Waals surface area (Å²) in [5.41, 5.74) is 2.06. The van der Waals surface area contributed by atoms with Crippen LogP contribution in [0.3, 0.4) is 0 Å². The molecule has 1 heterocycles. The third kappa shape index (κ3) is 4.34. The molecule has 0 fully saturated rings. The van der Waals surface area contributed by atoms with Gasteiger partial charge < -0.3 is 14.6 Å². The van der Waals surface area contributed by atoms with E-state index in [0.29, 0.717) is 12.5 Å². The highest BCUT2D eigenvalue weighted by Gasteiger charge is 2.11. The van der Waals surface area contributed by atoms with Gasteiger partial charge in [0.25, 0.3) is 0 Å². The normalized spacial score (nSPS) is 12.2. The minimum atomic E-state index is -0.380. The molecular weight excluding hydrogens is 266 g/mol. The zero-order valence-electron chi connectivity index (χ0n) is 12.6. The summed E-state index contributed by atoms with van der Waals surface area (Å²) in [4.78, 5) is 15.7. The summed E-state index contributed by atoms with van der Waals surface area (Å²) in [5.74, 6) is 0.334. The van der Waals surface area contributed by atoms with Crippen LogP contribution in [0.1, 0.15) is 32.4 Å². The zero-order chi connectivity index (χ0) is 15.2. The van der Waals surface area contributed by atoms with Crippen LogP contribution in [0.15, 0.2) is 43.0 Å². The molecule has 21 heavy (non-hydrogen) atoms. The summed E-state index contributed by atoms with van der Waals surface area (Å²) >= 11 is 0. The first-order chi connectivity index (χ1) is 10.1. The largest absolute Gasteiger partial charge is 0.449 e. The van der Waals surface area contributed by atoms with Crippen LogP contribution in [0.2, 0.25) is 0 Å². The van der Waals surface area contributed by atoms with Gasteiger partial charge in [0.05, 0.1) is 19.0 Å². The Morgan fingerprint density at radius 1 is 1.29 bits per heavy atom. The van der Waals surface area contributed by atoms with Crippen LogP contribution in [0, 0.1) is 5.92 Å². The van der Waals surface area contributed by atoms with Gasteiger partial charge in [-0.25, -0.2) is 9.78 Å². The van der Waals surface area contributed by atoms with E-state index in [0.717, 1.165) is 11.3 Å². The number of aromatic nitrogens is 2. The number of amides is 1. The molecule has 0 aliphatic carbocycles. The van der Waals surface area contributed by atoms with Gasteiger partial charge in [-0.05, 0) is 30.5 Å². The molecule has 0 radical (unpaired) electrons. The number of alkyl carbamates (subject to hydrolysis) is 1. The summed E-state index contributed by atoms with van der Waals surface area (Å²) in [6, 6.07) is 7.87. The number of benzene rings is 1. The quantitative estimate of drug-likeness (QED) is 0.917. The van der Waals surface area contributed by atoms with Crippen molar-refractivity contribution in [2.24, 2.45) is 5.92 Å². The second-order valence-corrected chi connectivity index (χ2v) is 5.42. The number of nitrogens with one attached hydrogen (secondary N) is 1. The molecule has 0 unspecified atom stereocenters. The molecule has 0 spiro atoms. The fourth-order valence-corrected chi connectivity index (χ4v) is 1.89. The van der Waals surface area contributed by atoms with Crippen LogP contribution < -0.4 is 5.32 Å². The van der Waals surface area contributed by atoms with Crippen molar-refractivity contribution in [2.45, 2.75) is 26.8 Å². The molecule has 112 valence electrons. The predicted octanol–water partition coefficient (Wildman–Crippen LogP) is 3.32. The summed E-state index contributed by atoms with van der Waals surface area (Å²) < 4.78 is 7.05. The lowest BCUT2D eigenvalue weighted by molar-refractivity contribution is 0.130. The Kier molecular flexibility index (Phi) is 4.98. The van der Waals surface area contributed by atoms with E-state index < -0.39 is 0 Å². The van der Waals surface area contributed by atoms with E-state index in [1.54, 1.807) is 12.5 Å². The molecule has 0 aliphatic rings. The van der Waals surface area contributed by atoms with E-state index in [1.807, 2.05) is 55.8 Å². The van der Waals surface area contributed by atoms with Crippen LogP contribution in [0.5, 0.6) is 0 Å². The second kappa shape index (κ2) is 6.92. The highest BCUT2D eigenvalue weighted by molar-refractivity contribution is 5.67. The van der Waals surface area contributed by atoms with Crippen molar-refractivity contribution in [3.63, 3.8) is 0 Å². The minimum Gasteiger partial charge on any atom is -0.449 e. The van der Waals surface area contributed by atoms with Crippen molar-refractivity contribution in [3.8, 4) is 5.69 Å². The number of ether oxygens (including phenoxy) is 1. The maximum atomic E-state index is 11.6. The van der Waals surface area contributed by atoms with Crippen molar-refractivity contribution in [1.29, 1.82) is 0 Å². The lowest BCUT2D eigenvalue weighted by atomic mass is 10.1. The van der Waals surface area contributed by atoms with Crippen molar-refractivity contribution < 1.29 is 9.53 Å². The van der Waals surface area contributed by atoms with Crippen LogP contribution in [0.25, 0.3) is 5.69 Å². The molecule has 1 aromatic heterocycles. The molecule has 1 N–H and O–H groups in total. The van der Waals surface area contributed by atoms with Crippen LogP contribution in [-0.2, 0) is 4.74 Å². The standard InChI is InChI=1S/C16H21N3O2/c1-12(2)10-21-16(20)18-13(3)14-4-6-15(7-5-14)19-9-8-17-11-19/h4-9,11-13H,10H2,1-3H3,(H,18,20)/t13-/m0/s1. The Balaban J connectivity index is 1.93. The lowest BCUT2D eigenvalue weighted by Crippen LogP contribution is -2.28. The number of nitrogens with zero attached hydrogens (tertiary/aromatic N) is 2. The molecule has 1 amide bonds. The Morgan fingerprint density at radius 2 is 2.00 bits per heavy atom. The van der Waals surface area contributed by atoms with Gasteiger partial charge in [0.1, 0.15) is 0 Å². The van der Waals surface area contributed by atoms with Crippen LogP contribution in [-0.4, -0.2) is 22.3 Å². The Morgan fingerprint density at radius 3 is 2.57 bits per heavy atom. The van der Waals surface area contributed by atoms with Crippen LogP contribution >= 0.6 is 0 Å². The van der Waals surface area contributed by atoms with E-state index in [-0.39, 0.29) is 12.1 Å². The van der Waals surface area contributed by atoms with Gasteiger partial charge in [-0.1, -0.05) is 26.0 Å². The van der Waals surface area contributed by atoms with E-state index in [1.165, 1.54) is 0 Å². The maximum Gasteiger partial charge on any atom is 0.407 e. The smallest absolute Gasteiger partial charge is 0.407 e. The monoisotopic (exact) mass is 287 g/mol. The second-order valence-electron chi connectivity index (χ2n) is 5.42. The first-order valence-corrected chi connectivity index (χ1v) is 7.08. The minimum absolute atomic E-state index is 0.0958. The van der Waals surface area contributed by atoms with E-state index in [4.69, 9.17) is 4.74 Å². The summed E-state index contributed by atoms with van der Waals surface area (Å²) in [6.45, 7) is 6.37. The first kappa shape index (κ1) is 15.1. The number of imidazole rings is 1. The van der Waals surface area contributed by atoms with Gasteiger partial charge in [-0.15, -0.1) is 0 Å². The average molecular weight is 287 g/mol. The molecule has 1 aromatic carbocycles. The summed E-state index contributed by atoms with van der Waals surface area (Å²) in [6.07, 6.45) is 5.00. The topological polar surface area (TPSA) is 56.1 Å². The van der Waals surface area contributed by atoms with Gasteiger partial charge in [-0.3, -0.25) is 0 Å². The number of carbonyl (C=O) groups is 1. The zero-order valence-corrected chi connectivity index (χ0v) is 12.6. The van der Waals surface area contributed by atoms with Crippen molar-refractivity contribution in [2.75, 3.05) is 6.61 Å². The number of carbonyl (C=O) groups excluding carboxylic acids is 1. The number of hydrogen-bond acceptors (Lipinski definition) is 3. The molecule has 2 rings (SSSR count). The number of rotatable bonds is 5. The molecule has 0 aliphatic heterocycles.